The number of nitrogens with one attached hydrogen (secondary N) is 1. The molecule has 0 spiro atoms. The van der Waals surface area contributed by atoms with Crippen molar-refractivity contribution in [2.24, 2.45) is 5.92 Å². The fourth-order valence-electron chi connectivity index (χ4n) is 4.13. The molecule has 1 N–H and O–H groups in total. The largest absolute Gasteiger partial charge is 0.496 e. The molecule has 1 saturated heterocycles. The molecule has 1 aliphatic rings. The summed E-state index contributed by atoms with van der Waals surface area (Å²) in [6.07, 6.45) is 3.95. The second-order valence-corrected chi connectivity index (χ2v) is 7.66. The van der Waals surface area contributed by atoms with Crippen molar-refractivity contribution < 1.29 is 9.15 Å². The Labute approximate surface area is 157 Å². The van der Waals surface area contributed by atoms with Gasteiger partial charge in [-0.3, -0.25) is 0 Å². The van der Waals surface area contributed by atoms with Crippen LogP contribution in [0.1, 0.15) is 43.9 Å². The summed E-state index contributed by atoms with van der Waals surface area (Å²) in [5.74, 6) is 2.80. The molecule has 142 valence electrons. The molecular weight excluding hydrogens is 324 g/mol. The van der Waals surface area contributed by atoms with E-state index in [1.807, 2.05) is 18.2 Å². The van der Waals surface area contributed by atoms with E-state index in [1.54, 1.807) is 13.4 Å². The zero-order valence-electron chi connectivity index (χ0n) is 16.4. The highest BCUT2D eigenvalue weighted by molar-refractivity contribution is 5.39. The average molecular weight is 357 g/mol. The number of methoxy groups -OCH3 is 1. The van der Waals surface area contributed by atoms with Crippen molar-refractivity contribution in [3.05, 3.63) is 54.0 Å². The van der Waals surface area contributed by atoms with Crippen LogP contribution in [0.3, 0.4) is 0 Å². The third-order valence-electron chi connectivity index (χ3n) is 5.85. The fourth-order valence-corrected chi connectivity index (χ4v) is 4.13. The maximum Gasteiger partial charge on any atom is 0.122 e. The molecule has 0 radical (unpaired) electrons. The highest BCUT2D eigenvalue weighted by atomic mass is 16.5. The first-order chi connectivity index (χ1) is 12.6. The Kier molecular flexibility index (Phi) is 6.38. The number of hydrogen-bond acceptors (Lipinski definition) is 4. The van der Waals surface area contributed by atoms with Gasteiger partial charge in [-0.25, -0.2) is 0 Å². The lowest BCUT2D eigenvalue weighted by molar-refractivity contribution is 0.121. The van der Waals surface area contributed by atoms with Crippen molar-refractivity contribution in [1.82, 2.24) is 10.2 Å². The second-order valence-electron chi connectivity index (χ2n) is 7.66. The van der Waals surface area contributed by atoms with E-state index >= 15 is 0 Å². The first kappa shape index (κ1) is 19.0. The summed E-state index contributed by atoms with van der Waals surface area (Å²) < 4.78 is 11.4. The van der Waals surface area contributed by atoms with E-state index in [4.69, 9.17) is 9.15 Å². The first-order valence-electron chi connectivity index (χ1n) is 9.70. The molecule has 4 atom stereocenters. The van der Waals surface area contributed by atoms with Crippen molar-refractivity contribution in [2.45, 2.75) is 44.7 Å². The second kappa shape index (κ2) is 8.74. The summed E-state index contributed by atoms with van der Waals surface area (Å²) in [7, 11) is 3.96. The van der Waals surface area contributed by atoms with Crippen LogP contribution in [-0.4, -0.2) is 44.2 Å². The Morgan fingerprint density at radius 3 is 2.77 bits per heavy atom. The van der Waals surface area contributed by atoms with Crippen LogP contribution >= 0.6 is 0 Å². The van der Waals surface area contributed by atoms with Crippen LogP contribution in [0.2, 0.25) is 0 Å². The van der Waals surface area contributed by atoms with Crippen molar-refractivity contribution >= 4 is 0 Å². The molecule has 4 unspecified atom stereocenters. The minimum atomic E-state index is 0.202. The van der Waals surface area contributed by atoms with Crippen LogP contribution in [0.15, 0.2) is 47.1 Å². The summed E-state index contributed by atoms with van der Waals surface area (Å²) in [6, 6.07) is 13.5. The summed E-state index contributed by atoms with van der Waals surface area (Å²) in [4.78, 5) is 2.46. The first-order valence-corrected chi connectivity index (χ1v) is 9.70. The molecule has 2 aromatic rings. The number of rotatable bonds is 7. The van der Waals surface area contributed by atoms with Crippen molar-refractivity contribution in [3.8, 4) is 5.75 Å². The molecule has 4 heteroatoms. The molecule has 1 fully saturated rings. The number of nitrogens with zero attached hydrogens (tertiary/aromatic N) is 1. The van der Waals surface area contributed by atoms with Gasteiger partial charge in [0, 0.05) is 30.1 Å². The van der Waals surface area contributed by atoms with Crippen molar-refractivity contribution in [2.75, 3.05) is 27.2 Å². The van der Waals surface area contributed by atoms with Crippen molar-refractivity contribution in [3.63, 3.8) is 0 Å². The van der Waals surface area contributed by atoms with Gasteiger partial charge in [-0.1, -0.05) is 25.1 Å². The van der Waals surface area contributed by atoms with Gasteiger partial charge in [-0.15, -0.1) is 0 Å². The molecule has 4 nitrogen and oxygen atoms in total. The Hall–Kier alpha value is -1.78. The quantitative estimate of drug-likeness (QED) is 0.809. The molecular formula is C22H32N2O2. The van der Waals surface area contributed by atoms with E-state index in [-0.39, 0.29) is 5.92 Å². The summed E-state index contributed by atoms with van der Waals surface area (Å²) in [5.41, 5.74) is 1.19. The highest BCUT2D eigenvalue weighted by Gasteiger charge is 2.29. The third kappa shape index (κ3) is 4.30. The van der Waals surface area contributed by atoms with Gasteiger partial charge in [0.15, 0.2) is 0 Å². The highest BCUT2D eigenvalue weighted by Crippen LogP contribution is 2.34. The number of furan rings is 1. The van der Waals surface area contributed by atoms with Crippen LogP contribution < -0.4 is 10.1 Å². The van der Waals surface area contributed by atoms with E-state index in [1.165, 1.54) is 12.0 Å². The molecule has 26 heavy (non-hydrogen) atoms. The summed E-state index contributed by atoms with van der Waals surface area (Å²) in [6.45, 7) is 6.80. The minimum Gasteiger partial charge on any atom is -0.496 e. The number of hydrogen-bond donors (Lipinski definition) is 1. The van der Waals surface area contributed by atoms with Crippen LogP contribution in [0.25, 0.3) is 0 Å². The third-order valence-corrected chi connectivity index (χ3v) is 5.85. The standard InChI is InChI=1S/C22H32N2O2/c1-16-15-24(3)17(2)14-20(16)23-12-11-19(22-10-7-13-26-22)18-8-5-6-9-21(18)25-4/h5-10,13,16-17,19-20,23H,11-12,14-15H2,1-4H3. The Bertz CT molecular complexity index is 671. The number of para-hydroxylation sites is 1. The molecule has 3 rings (SSSR count). The zero-order valence-corrected chi connectivity index (χ0v) is 16.4. The molecule has 0 aliphatic carbocycles. The lowest BCUT2D eigenvalue weighted by Crippen LogP contribution is -2.51. The van der Waals surface area contributed by atoms with Gasteiger partial charge in [0.1, 0.15) is 11.5 Å². The topological polar surface area (TPSA) is 37.6 Å². The minimum absolute atomic E-state index is 0.202. The number of piperidine rings is 1. The predicted octanol–water partition coefficient (Wildman–Crippen LogP) is 4.13. The molecule has 0 saturated carbocycles. The van der Waals surface area contributed by atoms with Gasteiger partial charge < -0.3 is 19.4 Å². The van der Waals surface area contributed by atoms with Gasteiger partial charge in [-0.2, -0.15) is 0 Å². The van der Waals surface area contributed by atoms with E-state index < -0.39 is 0 Å². The molecule has 0 amide bonds. The lowest BCUT2D eigenvalue weighted by Gasteiger charge is -2.40. The Morgan fingerprint density at radius 1 is 1.23 bits per heavy atom. The average Bonchev–Trinajstić information content (AvgIpc) is 3.17. The number of benzene rings is 1. The van der Waals surface area contributed by atoms with Gasteiger partial charge in [0.25, 0.3) is 0 Å². The van der Waals surface area contributed by atoms with E-state index in [0.717, 1.165) is 31.0 Å². The number of ether oxygens (including phenoxy) is 1. The van der Waals surface area contributed by atoms with Crippen LogP contribution in [0, 0.1) is 5.92 Å². The zero-order chi connectivity index (χ0) is 18.5. The maximum absolute atomic E-state index is 5.75. The van der Waals surface area contributed by atoms with E-state index in [9.17, 15) is 0 Å². The Morgan fingerprint density at radius 2 is 2.04 bits per heavy atom. The van der Waals surface area contributed by atoms with Gasteiger partial charge in [0.05, 0.1) is 13.4 Å². The predicted molar refractivity (Wildman–Crippen MR) is 106 cm³/mol. The molecule has 1 aromatic heterocycles. The molecule has 0 bridgehead atoms. The Balaban J connectivity index is 1.68. The molecule has 1 aromatic carbocycles. The van der Waals surface area contributed by atoms with Crippen molar-refractivity contribution in [1.29, 1.82) is 0 Å². The summed E-state index contributed by atoms with van der Waals surface area (Å²) >= 11 is 0. The normalized spacial score (nSPS) is 25.2. The van der Waals surface area contributed by atoms with E-state index in [0.29, 0.717) is 18.0 Å². The maximum atomic E-state index is 5.75. The lowest BCUT2D eigenvalue weighted by atomic mass is 9.88. The van der Waals surface area contributed by atoms with Gasteiger partial charge >= 0.3 is 0 Å². The molecule has 2 heterocycles. The van der Waals surface area contributed by atoms with Gasteiger partial charge in [-0.05, 0) is 57.5 Å². The number of likely N-dealkylation sites (tertiary alicyclic amines) is 1. The summed E-state index contributed by atoms with van der Waals surface area (Å²) in [5, 5.41) is 3.81. The smallest absolute Gasteiger partial charge is 0.122 e. The van der Waals surface area contributed by atoms with Crippen LogP contribution in [0.4, 0.5) is 0 Å². The fraction of sp³-hybridized carbons (Fsp3) is 0.545. The van der Waals surface area contributed by atoms with Gasteiger partial charge in [0.2, 0.25) is 0 Å². The SMILES string of the molecule is COc1ccccc1C(CCNC1CC(C)N(C)CC1C)c1ccco1. The monoisotopic (exact) mass is 356 g/mol. The molecule has 1 aliphatic heterocycles. The van der Waals surface area contributed by atoms with E-state index in [2.05, 4.69) is 49.3 Å². The van der Waals surface area contributed by atoms with Crippen LogP contribution in [-0.2, 0) is 0 Å². The van der Waals surface area contributed by atoms with Crippen LogP contribution in [0.5, 0.6) is 5.75 Å².